The second-order valence-corrected chi connectivity index (χ2v) is 3.28. The topological polar surface area (TPSA) is 40.5 Å². The van der Waals surface area contributed by atoms with E-state index in [2.05, 4.69) is 13.8 Å². The fourth-order valence-electron chi connectivity index (χ4n) is 1.02. The van der Waals surface area contributed by atoms with Gasteiger partial charge in [-0.2, -0.15) is 0 Å². The van der Waals surface area contributed by atoms with Gasteiger partial charge in [-0.25, -0.2) is 0 Å². The highest BCUT2D eigenvalue weighted by Crippen LogP contribution is 2.12. The number of rotatable bonds is 6. The number of unbranched alkanes of at least 4 members (excludes halogenated alkanes) is 1. The fraction of sp³-hybridized carbons (Fsp3) is 1.00. The summed E-state index contributed by atoms with van der Waals surface area (Å²) in [5.74, 6) is 0.783. The molecule has 0 aliphatic carbocycles. The molecular weight excluding hydrogens is 140 g/mol. The van der Waals surface area contributed by atoms with E-state index in [0.29, 0.717) is 6.42 Å². The van der Waals surface area contributed by atoms with E-state index in [1.807, 2.05) is 0 Å². The minimum Gasteiger partial charge on any atom is -0.368 e. The van der Waals surface area contributed by atoms with Gasteiger partial charge in [0.25, 0.3) is 0 Å². The third-order valence-electron chi connectivity index (χ3n) is 2.11. The first-order chi connectivity index (χ1) is 5.16. The van der Waals surface area contributed by atoms with Gasteiger partial charge in [0, 0.05) is 0 Å². The molecule has 0 aliphatic heterocycles. The Morgan fingerprint density at radius 1 is 1.09 bits per heavy atom. The number of aliphatic hydroxyl groups excluding tert-OH is 1. The lowest BCUT2D eigenvalue weighted by molar-refractivity contribution is -0.0467. The monoisotopic (exact) mass is 160 g/mol. The highest BCUT2D eigenvalue weighted by atomic mass is 16.5. The van der Waals surface area contributed by atoms with Gasteiger partial charge in [0.15, 0.2) is 6.29 Å². The van der Waals surface area contributed by atoms with Crippen LogP contribution in [0.3, 0.4) is 0 Å². The Hall–Kier alpha value is -0.0800. The van der Waals surface area contributed by atoms with Gasteiger partial charge in [0.05, 0.1) is 0 Å². The van der Waals surface area contributed by atoms with Crippen LogP contribution in [0.5, 0.6) is 0 Å². The van der Waals surface area contributed by atoms with Crippen molar-refractivity contribution in [3.8, 4) is 0 Å². The molecule has 0 saturated heterocycles. The van der Waals surface area contributed by atoms with Crippen molar-refractivity contribution in [3.63, 3.8) is 0 Å². The molecule has 0 radical (unpaired) electrons. The van der Waals surface area contributed by atoms with Crippen LogP contribution in [0, 0.1) is 5.92 Å². The second-order valence-electron chi connectivity index (χ2n) is 3.28. The number of hydrogen-bond acceptors (Lipinski definition) is 2. The van der Waals surface area contributed by atoms with Crippen molar-refractivity contribution in [1.29, 1.82) is 0 Å². The molecule has 2 N–H and O–H groups in total. The zero-order chi connectivity index (χ0) is 8.69. The predicted octanol–water partition coefficient (Wildman–Crippen LogP) is 1.90. The van der Waals surface area contributed by atoms with Crippen LogP contribution in [0.2, 0.25) is 0 Å². The number of hydrogen-bond donors (Lipinski definition) is 2. The van der Waals surface area contributed by atoms with Gasteiger partial charge in [0.1, 0.15) is 0 Å². The summed E-state index contributed by atoms with van der Waals surface area (Å²) in [7, 11) is 0. The zero-order valence-corrected chi connectivity index (χ0v) is 7.58. The third kappa shape index (κ3) is 7.82. The average molecular weight is 160 g/mol. The molecule has 1 atom stereocenters. The summed E-state index contributed by atoms with van der Waals surface area (Å²) in [6, 6.07) is 0. The zero-order valence-electron chi connectivity index (χ0n) is 7.58. The maximum Gasteiger partial charge on any atom is 0.151 e. The minimum atomic E-state index is -1.10. The van der Waals surface area contributed by atoms with E-state index >= 15 is 0 Å². The molecule has 0 aliphatic rings. The van der Waals surface area contributed by atoms with Crippen molar-refractivity contribution in [3.05, 3.63) is 0 Å². The molecule has 0 aromatic heterocycles. The molecule has 0 amide bonds. The Bertz CT molecular complexity index is 81.6. The van der Waals surface area contributed by atoms with E-state index in [1.54, 1.807) is 0 Å². The summed E-state index contributed by atoms with van der Waals surface area (Å²) >= 11 is 0. The SMILES string of the molecule is CC[C@H](C)CCCCC(O)O. The Labute approximate surface area is 69.2 Å². The predicted molar refractivity (Wildman–Crippen MR) is 46.1 cm³/mol. The molecule has 0 aromatic carbocycles. The van der Waals surface area contributed by atoms with Crippen molar-refractivity contribution >= 4 is 0 Å². The van der Waals surface area contributed by atoms with Crippen LogP contribution in [0.15, 0.2) is 0 Å². The molecule has 2 heteroatoms. The van der Waals surface area contributed by atoms with E-state index in [4.69, 9.17) is 10.2 Å². The summed E-state index contributed by atoms with van der Waals surface area (Å²) in [4.78, 5) is 0. The molecule has 0 saturated carbocycles. The standard InChI is InChI=1S/C9H20O2/c1-3-8(2)6-4-5-7-9(10)11/h8-11H,3-7H2,1-2H3/t8-/m0/s1. The molecule has 0 rings (SSSR count). The lowest BCUT2D eigenvalue weighted by Gasteiger charge is -2.07. The molecule has 0 unspecified atom stereocenters. The van der Waals surface area contributed by atoms with Gasteiger partial charge in [-0.05, 0) is 18.8 Å². The molecule has 0 fully saturated rings. The average Bonchev–Trinajstić information content (AvgIpc) is 1.97. The molecule has 2 nitrogen and oxygen atoms in total. The van der Waals surface area contributed by atoms with E-state index < -0.39 is 6.29 Å². The van der Waals surface area contributed by atoms with E-state index in [9.17, 15) is 0 Å². The largest absolute Gasteiger partial charge is 0.368 e. The molecular formula is C9H20O2. The van der Waals surface area contributed by atoms with Crippen LogP contribution in [-0.4, -0.2) is 16.5 Å². The van der Waals surface area contributed by atoms with E-state index in [0.717, 1.165) is 18.8 Å². The van der Waals surface area contributed by atoms with Crippen LogP contribution in [0.1, 0.15) is 46.0 Å². The van der Waals surface area contributed by atoms with Gasteiger partial charge in [-0.3, -0.25) is 0 Å². The maximum absolute atomic E-state index is 8.53. The fourth-order valence-corrected chi connectivity index (χ4v) is 1.02. The van der Waals surface area contributed by atoms with Gasteiger partial charge in [0.2, 0.25) is 0 Å². The van der Waals surface area contributed by atoms with Crippen LogP contribution >= 0.6 is 0 Å². The van der Waals surface area contributed by atoms with E-state index in [1.165, 1.54) is 12.8 Å². The van der Waals surface area contributed by atoms with Crippen LogP contribution in [0.4, 0.5) is 0 Å². The molecule has 11 heavy (non-hydrogen) atoms. The molecule has 0 bridgehead atoms. The molecule has 0 aromatic rings. The van der Waals surface area contributed by atoms with Gasteiger partial charge < -0.3 is 10.2 Å². The molecule has 68 valence electrons. The quantitative estimate of drug-likeness (QED) is 0.460. The first kappa shape index (κ1) is 10.9. The number of aliphatic hydroxyl groups is 2. The Balaban J connectivity index is 3.01. The Morgan fingerprint density at radius 2 is 1.64 bits per heavy atom. The maximum atomic E-state index is 8.53. The van der Waals surface area contributed by atoms with Crippen molar-refractivity contribution < 1.29 is 10.2 Å². The highest BCUT2D eigenvalue weighted by molar-refractivity contribution is 4.51. The van der Waals surface area contributed by atoms with Crippen molar-refractivity contribution in [2.24, 2.45) is 5.92 Å². The second kappa shape index (κ2) is 6.62. The normalized spacial score (nSPS) is 13.9. The lowest BCUT2D eigenvalue weighted by atomic mass is 10.0. The van der Waals surface area contributed by atoms with Crippen LogP contribution in [0.25, 0.3) is 0 Å². The van der Waals surface area contributed by atoms with Gasteiger partial charge >= 0.3 is 0 Å². The van der Waals surface area contributed by atoms with Crippen molar-refractivity contribution in [2.45, 2.75) is 52.2 Å². The van der Waals surface area contributed by atoms with Gasteiger partial charge in [-0.1, -0.05) is 33.1 Å². The summed E-state index contributed by atoms with van der Waals surface area (Å²) in [6.07, 6.45) is 3.91. The van der Waals surface area contributed by atoms with Crippen molar-refractivity contribution in [2.75, 3.05) is 0 Å². The summed E-state index contributed by atoms with van der Waals surface area (Å²) < 4.78 is 0. The minimum absolute atomic E-state index is 0.524. The highest BCUT2D eigenvalue weighted by Gasteiger charge is 2.00. The van der Waals surface area contributed by atoms with Gasteiger partial charge in [-0.15, -0.1) is 0 Å². The molecule has 0 spiro atoms. The van der Waals surface area contributed by atoms with Crippen molar-refractivity contribution in [1.82, 2.24) is 0 Å². The molecule has 0 heterocycles. The first-order valence-corrected chi connectivity index (χ1v) is 4.53. The Kier molecular flexibility index (Phi) is 6.57. The van der Waals surface area contributed by atoms with Crippen LogP contribution < -0.4 is 0 Å². The first-order valence-electron chi connectivity index (χ1n) is 4.53. The smallest absolute Gasteiger partial charge is 0.151 e. The Morgan fingerprint density at radius 3 is 2.09 bits per heavy atom. The van der Waals surface area contributed by atoms with Crippen LogP contribution in [-0.2, 0) is 0 Å². The summed E-state index contributed by atoms with van der Waals surface area (Å²) in [5.41, 5.74) is 0. The lowest BCUT2D eigenvalue weighted by Crippen LogP contribution is -2.03. The summed E-state index contributed by atoms with van der Waals surface area (Å²) in [6.45, 7) is 4.42. The summed E-state index contributed by atoms with van der Waals surface area (Å²) in [5, 5.41) is 17.1. The third-order valence-corrected chi connectivity index (χ3v) is 2.11. The van der Waals surface area contributed by atoms with E-state index in [-0.39, 0.29) is 0 Å².